The first-order valence-electron chi connectivity index (χ1n) is 8.03. The summed E-state index contributed by atoms with van der Waals surface area (Å²) in [6, 6.07) is 10.5. The molecule has 118 valence electrons. The molecule has 0 atom stereocenters. The van der Waals surface area contributed by atoms with Gasteiger partial charge >= 0.3 is 0 Å². The van der Waals surface area contributed by atoms with E-state index in [-0.39, 0.29) is 0 Å². The van der Waals surface area contributed by atoms with E-state index < -0.39 is 0 Å². The van der Waals surface area contributed by atoms with Gasteiger partial charge in [0.15, 0.2) is 5.65 Å². The van der Waals surface area contributed by atoms with Crippen molar-refractivity contribution < 1.29 is 0 Å². The van der Waals surface area contributed by atoms with Crippen molar-refractivity contribution in [3.63, 3.8) is 0 Å². The highest BCUT2D eigenvalue weighted by atomic mass is 32.2. The average Bonchev–Trinajstić information content (AvgIpc) is 2.78. The third-order valence-electron chi connectivity index (χ3n) is 4.27. The molecule has 0 N–H and O–H groups in total. The van der Waals surface area contributed by atoms with Crippen molar-refractivity contribution in [1.82, 2.24) is 14.6 Å². The van der Waals surface area contributed by atoms with Gasteiger partial charge in [0.2, 0.25) is 0 Å². The van der Waals surface area contributed by atoms with E-state index in [4.69, 9.17) is 10.1 Å². The summed E-state index contributed by atoms with van der Waals surface area (Å²) < 4.78 is 2.11. The molecule has 5 heteroatoms. The van der Waals surface area contributed by atoms with Crippen LogP contribution in [0.15, 0.2) is 51.3 Å². The minimum atomic E-state index is 1.00. The van der Waals surface area contributed by atoms with Gasteiger partial charge in [-0.15, -0.1) is 11.8 Å². The number of hydrogen-bond donors (Lipinski definition) is 0. The third kappa shape index (κ3) is 2.88. The smallest absolute Gasteiger partial charge is 0.170 e. The summed E-state index contributed by atoms with van der Waals surface area (Å²) in [5.41, 5.74) is 3.74. The molecular weight excluding hydrogens is 322 g/mol. The largest absolute Gasteiger partial charge is 0.236 e. The second-order valence-electron chi connectivity index (χ2n) is 5.78. The van der Waals surface area contributed by atoms with E-state index in [1.54, 1.807) is 23.5 Å². The van der Waals surface area contributed by atoms with E-state index in [1.165, 1.54) is 40.3 Å². The zero-order valence-corrected chi connectivity index (χ0v) is 14.8. The zero-order chi connectivity index (χ0) is 15.6. The molecule has 1 aromatic carbocycles. The van der Waals surface area contributed by atoms with Crippen molar-refractivity contribution in [2.45, 2.75) is 46.9 Å². The Hall–Kier alpha value is -1.46. The predicted molar refractivity (Wildman–Crippen MR) is 96.6 cm³/mol. The molecule has 0 fully saturated rings. The van der Waals surface area contributed by atoms with E-state index in [2.05, 4.69) is 41.2 Å². The van der Waals surface area contributed by atoms with Crippen molar-refractivity contribution in [2.24, 2.45) is 0 Å². The number of fused-ring (bicyclic) bond motifs is 3. The summed E-state index contributed by atoms with van der Waals surface area (Å²) in [5.74, 6) is 0. The van der Waals surface area contributed by atoms with Crippen LogP contribution in [-0.2, 0) is 12.8 Å². The molecule has 1 aliphatic carbocycles. The zero-order valence-electron chi connectivity index (χ0n) is 13.2. The highest BCUT2D eigenvalue weighted by Gasteiger charge is 2.20. The van der Waals surface area contributed by atoms with E-state index in [0.29, 0.717) is 0 Å². The number of aromatic nitrogens is 3. The van der Waals surface area contributed by atoms with E-state index >= 15 is 0 Å². The molecule has 2 heterocycles. The fraction of sp³-hybridized carbons (Fsp3) is 0.333. The number of thioether (sulfide) groups is 1. The topological polar surface area (TPSA) is 30.2 Å². The van der Waals surface area contributed by atoms with Gasteiger partial charge in [0.25, 0.3) is 0 Å². The Morgan fingerprint density at radius 3 is 2.70 bits per heavy atom. The molecule has 0 unspecified atom stereocenters. The first-order chi connectivity index (χ1) is 11.4. The van der Waals surface area contributed by atoms with Crippen LogP contribution in [-0.4, -0.2) is 20.9 Å². The van der Waals surface area contributed by atoms with Crippen molar-refractivity contribution in [3.8, 4) is 0 Å². The first kappa shape index (κ1) is 15.1. The number of benzene rings is 1. The first-order valence-corrected chi connectivity index (χ1v) is 10.1. The van der Waals surface area contributed by atoms with Crippen molar-refractivity contribution >= 4 is 29.2 Å². The second kappa shape index (κ2) is 6.57. The molecule has 0 amide bonds. The maximum Gasteiger partial charge on any atom is 0.170 e. The highest BCUT2D eigenvalue weighted by Crippen LogP contribution is 2.37. The summed E-state index contributed by atoms with van der Waals surface area (Å²) in [4.78, 5) is 7.17. The lowest BCUT2D eigenvalue weighted by Gasteiger charge is -2.07. The summed E-state index contributed by atoms with van der Waals surface area (Å²) in [7, 11) is 0. The molecule has 0 saturated heterocycles. The minimum absolute atomic E-state index is 1.00. The Bertz CT molecular complexity index is 827. The monoisotopic (exact) mass is 341 g/mol. The SMILES string of the molecule is CSc1nn2c3c(cnc2c1Sc1ccccc1)CCCCC3. The van der Waals surface area contributed by atoms with Gasteiger partial charge in [0, 0.05) is 16.8 Å². The van der Waals surface area contributed by atoms with Gasteiger partial charge in [-0.05, 0) is 49.6 Å². The van der Waals surface area contributed by atoms with E-state index in [0.717, 1.165) is 23.5 Å². The lowest BCUT2D eigenvalue weighted by Crippen LogP contribution is -2.04. The molecule has 3 aromatic rings. The van der Waals surface area contributed by atoms with Crippen molar-refractivity contribution in [1.29, 1.82) is 0 Å². The Morgan fingerprint density at radius 1 is 1.04 bits per heavy atom. The molecule has 0 aliphatic heterocycles. The molecule has 0 spiro atoms. The van der Waals surface area contributed by atoms with E-state index in [9.17, 15) is 0 Å². The van der Waals surface area contributed by atoms with Crippen LogP contribution in [0.3, 0.4) is 0 Å². The van der Waals surface area contributed by atoms with Gasteiger partial charge < -0.3 is 0 Å². The normalized spacial score (nSPS) is 14.7. The molecule has 2 aromatic heterocycles. The van der Waals surface area contributed by atoms with Crippen LogP contribution in [0.5, 0.6) is 0 Å². The standard InChI is InChI=1S/C18H19N3S2/c1-22-18-16(23-14-9-5-3-6-10-14)17-19-12-13-8-4-2-7-11-15(13)21(17)20-18/h3,5-6,9-10,12H,2,4,7-8,11H2,1H3. The van der Waals surface area contributed by atoms with Gasteiger partial charge in [-0.1, -0.05) is 36.4 Å². The molecule has 23 heavy (non-hydrogen) atoms. The molecule has 0 saturated carbocycles. The van der Waals surface area contributed by atoms with Gasteiger partial charge in [-0.2, -0.15) is 5.10 Å². The van der Waals surface area contributed by atoms with Crippen LogP contribution < -0.4 is 0 Å². The summed E-state index contributed by atoms with van der Waals surface area (Å²) in [6.45, 7) is 0. The van der Waals surface area contributed by atoms with Crippen LogP contribution in [0.4, 0.5) is 0 Å². The van der Waals surface area contributed by atoms with Crippen molar-refractivity contribution in [3.05, 3.63) is 47.8 Å². The summed E-state index contributed by atoms with van der Waals surface area (Å²) in [6.07, 6.45) is 10.2. The Labute approximate surface area is 144 Å². The Balaban J connectivity index is 1.85. The number of rotatable bonds is 3. The Kier molecular flexibility index (Phi) is 4.31. The van der Waals surface area contributed by atoms with Gasteiger partial charge in [-0.25, -0.2) is 9.50 Å². The fourth-order valence-corrected chi connectivity index (χ4v) is 4.82. The maximum absolute atomic E-state index is 4.88. The molecule has 0 bridgehead atoms. The lowest BCUT2D eigenvalue weighted by molar-refractivity contribution is 0.700. The molecular formula is C18H19N3S2. The molecule has 3 nitrogen and oxygen atoms in total. The van der Waals surface area contributed by atoms with Gasteiger partial charge in [0.1, 0.15) is 5.03 Å². The van der Waals surface area contributed by atoms with Crippen LogP contribution in [0.1, 0.15) is 30.5 Å². The quantitative estimate of drug-likeness (QED) is 0.502. The van der Waals surface area contributed by atoms with Crippen LogP contribution >= 0.6 is 23.5 Å². The van der Waals surface area contributed by atoms with Crippen LogP contribution in [0, 0.1) is 0 Å². The van der Waals surface area contributed by atoms with Gasteiger partial charge in [-0.3, -0.25) is 0 Å². The number of nitrogens with zero attached hydrogens (tertiary/aromatic N) is 3. The number of hydrogen-bond acceptors (Lipinski definition) is 4. The number of aryl methyl sites for hydroxylation is 2. The Morgan fingerprint density at radius 2 is 1.87 bits per heavy atom. The fourth-order valence-electron chi connectivity index (χ4n) is 3.12. The highest BCUT2D eigenvalue weighted by molar-refractivity contribution is 8.02. The van der Waals surface area contributed by atoms with E-state index in [1.807, 2.05) is 6.07 Å². The summed E-state index contributed by atoms with van der Waals surface area (Å²) in [5, 5.41) is 5.95. The lowest BCUT2D eigenvalue weighted by atomic mass is 10.1. The van der Waals surface area contributed by atoms with Crippen LogP contribution in [0.25, 0.3) is 5.65 Å². The summed E-state index contributed by atoms with van der Waals surface area (Å²) >= 11 is 3.47. The van der Waals surface area contributed by atoms with Crippen LogP contribution in [0.2, 0.25) is 0 Å². The average molecular weight is 342 g/mol. The molecule has 4 rings (SSSR count). The maximum atomic E-state index is 4.88. The minimum Gasteiger partial charge on any atom is -0.236 e. The second-order valence-corrected chi connectivity index (χ2v) is 7.66. The predicted octanol–water partition coefficient (Wildman–Crippen LogP) is 4.87. The van der Waals surface area contributed by atoms with Crippen molar-refractivity contribution in [2.75, 3.05) is 6.26 Å². The molecule has 1 aliphatic rings. The van der Waals surface area contributed by atoms with Gasteiger partial charge in [0.05, 0.1) is 4.90 Å². The third-order valence-corrected chi connectivity index (χ3v) is 6.16. The molecule has 0 radical (unpaired) electrons.